The van der Waals surface area contributed by atoms with E-state index in [-0.39, 0.29) is 60.1 Å². The smallest absolute Gasteiger partial charge is 0.407 e. The van der Waals surface area contributed by atoms with E-state index in [4.69, 9.17) is 38.4 Å². The van der Waals surface area contributed by atoms with E-state index < -0.39 is 24.3 Å². The molecule has 0 saturated carbocycles. The van der Waals surface area contributed by atoms with Crippen LogP contribution in [0, 0.1) is 11.8 Å². The third-order valence-corrected chi connectivity index (χ3v) is 15.1. The normalized spacial score (nSPS) is 28.0. The fourth-order valence-corrected chi connectivity index (χ4v) is 12.1. The van der Waals surface area contributed by atoms with Gasteiger partial charge in [0.15, 0.2) is 0 Å². The lowest BCUT2D eigenvalue weighted by Gasteiger charge is -2.38. The van der Waals surface area contributed by atoms with E-state index in [1.807, 2.05) is 56.0 Å². The van der Waals surface area contributed by atoms with Crippen molar-refractivity contribution >= 4 is 35.3 Å². The van der Waals surface area contributed by atoms with Crippen LogP contribution in [0.1, 0.15) is 114 Å². The van der Waals surface area contributed by atoms with E-state index in [1.165, 1.54) is 14.2 Å². The Morgan fingerprint density at radius 1 is 0.706 bits per heavy atom. The molecule has 4 amide bonds. The number of ether oxygens (including phenoxy) is 6. The SMILES string of the molecule is COC(=O)N[C@H](C(=O)N1CCC[C@H]1C1=NC=C(c2cc3c4c(c2)OCc2cc(-c5cnc([C@@H]6CCCN6C(=O)[C@@H](NC(=O)OC)C6C[C@@H](C)O[C@H](C)C6)[nH]5)cc(c2-4)OC3)C1)C1C[C@@H](C)O[C@H](C)C1. The number of nitrogens with one attached hydrogen (secondary N) is 3. The number of hydrogen-bond acceptors (Lipinski definition) is 12. The van der Waals surface area contributed by atoms with Crippen LogP contribution in [0.3, 0.4) is 0 Å². The van der Waals surface area contributed by atoms with Crippen LogP contribution in [-0.4, -0.2) is 119 Å². The molecule has 7 aliphatic rings. The molecule has 4 saturated heterocycles. The molecule has 17 nitrogen and oxygen atoms in total. The van der Waals surface area contributed by atoms with Gasteiger partial charge in [-0.05, 0) is 126 Å². The first-order chi connectivity index (χ1) is 32.8. The van der Waals surface area contributed by atoms with E-state index in [9.17, 15) is 19.2 Å². The molecule has 7 aliphatic heterocycles. The number of carbonyl (C=O) groups is 4. The Hall–Kier alpha value is -5.94. The summed E-state index contributed by atoms with van der Waals surface area (Å²) in [5, 5.41) is 5.75. The highest BCUT2D eigenvalue weighted by molar-refractivity contribution is 6.04. The van der Waals surface area contributed by atoms with Gasteiger partial charge in [0.2, 0.25) is 11.8 Å². The summed E-state index contributed by atoms with van der Waals surface area (Å²) in [6.45, 7) is 9.89. The summed E-state index contributed by atoms with van der Waals surface area (Å²) in [6.07, 6.45) is 8.84. The summed E-state index contributed by atoms with van der Waals surface area (Å²) in [6, 6.07) is 6.53. The van der Waals surface area contributed by atoms with E-state index >= 15 is 0 Å². The van der Waals surface area contributed by atoms with Crippen molar-refractivity contribution in [1.82, 2.24) is 30.4 Å². The Morgan fingerprint density at radius 2 is 1.21 bits per heavy atom. The van der Waals surface area contributed by atoms with Gasteiger partial charge in [0.25, 0.3) is 0 Å². The van der Waals surface area contributed by atoms with Gasteiger partial charge in [-0.15, -0.1) is 0 Å². The number of H-pyrrole nitrogens is 1. The van der Waals surface area contributed by atoms with E-state index in [2.05, 4.69) is 33.8 Å². The maximum absolute atomic E-state index is 14.4. The third-order valence-electron chi connectivity index (χ3n) is 15.1. The highest BCUT2D eigenvalue weighted by atomic mass is 16.5. The van der Waals surface area contributed by atoms with Gasteiger partial charge < -0.3 is 53.8 Å². The van der Waals surface area contributed by atoms with Crippen LogP contribution in [-0.2, 0) is 41.8 Å². The van der Waals surface area contributed by atoms with Crippen LogP contribution in [0.5, 0.6) is 11.5 Å². The lowest BCUT2D eigenvalue weighted by atomic mass is 9.85. The molecule has 8 atom stereocenters. The zero-order chi connectivity index (χ0) is 47.4. The second-order valence-corrected chi connectivity index (χ2v) is 19.8. The van der Waals surface area contributed by atoms with Crippen molar-refractivity contribution in [2.24, 2.45) is 16.8 Å². The van der Waals surface area contributed by atoms with E-state index in [1.54, 1.807) is 0 Å². The zero-order valence-corrected chi connectivity index (χ0v) is 39.8. The standard InChI is InChI=1S/C51H63N7O10/c1-26-13-32(14-27(2)67-26)45(55-50(61)63-5)48(59)57-11-7-9-39(57)37-19-34(22-52-37)30-17-35-24-66-42-21-31(18-36-25-65-41(20-30)43(35)44(36)42)38-23-53-47(54-38)40-10-8-12-58(40)49(60)46(56-51(62)64-6)33-15-28(3)68-29(4)16-33/h17-18,20-23,26-29,32-33,39-40,45-46H,7-16,19,24-25H2,1-6H3,(H,53,54)(H,55,61)(H,56,62)/t26-,27-,28-,29-,39+,40+,45+,46+/m1/s1. The number of methoxy groups -OCH3 is 2. The molecule has 1 aromatic heterocycles. The van der Waals surface area contributed by atoms with Gasteiger partial charge in [0, 0.05) is 59.2 Å². The fraction of sp³-hybridized carbons (Fsp3) is 0.569. The van der Waals surface area contributed by atoms with Gasteiger partial charge in [0.1, 0.15) is 42.6 Å². The molecule has 0 bridgehead atoms. The number of aromatic nitrogens is 2. The molecule has 362 valence electrons. The van der Waals surface area contributed by atoms with Crippen LogP contribution < -0.4 is 20.1 Å². The summed E-state index contributed by atoms with van der Waals surface area (Å²) in [4.78, 5) is 70.8. The van der Waals surface area contributed by atoms with Gasteiger partial charge >= 0.3 is 12.2 Å². The molecule has 68 heavy (non-hydrogen) atoms. The molecule has 8 heterocycles. The van der Waals surface area contributed by atoms with Gasteiger partial charge in [-0.2, -0.15) is 0 Å². The molecule has 3 aromatic rings. The third kappa shape index (κ3) is 8.83. The predicted molar refractivity (Wildman–Crippen MR) is 251 cm³/mol. The number of imidazole rings is 1. The van der Waals surface area contributed by atoms with Gasteiger partial charge in [0.05, 0.1) is 62.6 Å². The topological polar surface area (TPSA) is 195 Å². The molecule has 0 radical (unpaired) electrons. The number of benzene rings is 2. The van der Waals surface area contributed by atoms with Gasteiger partial charge in [-0.25, -0.2) is 14.6 Å². The first-order valence-electron chi connectivity index (χ1n) is 24.4. The van der Waals surface area contributed by atoms with E-state index in [0.29, 0.717) is 64.2 Å². The van der Waals surface area contributed by atoms with Crippen LogP contribution in [0.25, 0.3) is 28.0 Å². The average molecular weight is 934 g/mol. The zero-order valence-electron chi connectivity index (χ0n) is 39.8. The molecule has 2 aromatic carbocycles. The molecule has 0 unspecified atom stereocenters. The number of allylic oxidation sites excluding steroid dienone is 1. The molecule has 17 heteroatoms. The fourth-order valence-electron chi connectivity index (χ4n) is 12.1. The van der Waals surface area contributed by atoms with Crippen molar-refractivity contribution in [2.75, 3.05) is 27.3 Å². The number of hydrogen-bond donors (Lipinski definition) is 3. The molecule has 4 fully saturated rings. The van der Waals surface area contributed by atoms with Crippen molar-refractivity contribution in [3.05, 3.63) is 59.2 Å². The van der Waals surface area contributed by atoms with Crippen molar-refractivity contribution in [1.29, 1.82) is 0 Å². The number of aromatic amines is 1. The van der Waals surface area contributed by atoms with Crippen molar-refractivity contribution in [3.63, 3.8) is 0 Å². The Morgan fingerprint density at radius 3 is 1.75 bits per heavy atom. The first kappa shape index (κ1) is 45.8. The highest BCUT2D eigenvalue weighted by Gasteiger charge is 2.44. The summed E-state index contributed by atoms with van der Waals surface area (Å²) in [7, 11) is 2.63. The summed E-state index contributed by atoms with van der Waals surface area (Å²) in [5.74, 6) is 1.86. The van der Waals surface area contributed by atoms with Gasteiger partial charge in [-0.3, -0.25) is 14.6 Å². The summed E-state index contributed by atoms with van der Waals surface area (Å²) in [5.41, 5.74) is 8.79. The first-order valence-corrected chi connectivity index (χ1v) is 24.4. The minimum atomic E-state index is -0.741. The van der Waals surface area contributed by atoms with E-state index in [0.717, 1.165) is 87.5 Å². The lowest BCUT2D eigenvalue weighted by molar-refractivity contribution is -0.139. The van der Waals surface area contributed by atoms with Crippen LogP contribution in [0.2, 0.25) is 0 Å². The Balaban J connectivity index is 0.838. The number of aliphatic imine (C=N–C) groups is 1. The second kappa shape index (κ2) is 18.9. The maximum Gasteiger partial charge on any atom is 0.407 e. The van der Waals surface area contributed by atoms with Crippen molar-refractivity contribution < 1.29 is 47.6 Å². The number of nitrogens with zero attached hydrogens (tertiary/aromatic N) is 4. The predicted octanol–water partition coefficient (Wildman–Crippen LogP) is 7.23. The maximum atomic E-state index is 14.4. The Kier molecular flexibility index (Phi) is 12.7. The molecule has 0 spiro atoms. The van der Waals surface area contributed by atoms with Crippen molar-refractivity contribution in [3.8, 4) is 33.9 Å². The molecular formula is C51H63N7O10. The Bertz CT molecular complexity index is 2470. The number of amides is 4. The highest BCUT2D eigenvalue weighted by Crippen LogP contribution is 2.51. The molecule has 3 N–H and O–H groups in total. The number of rotatable bonds is 10. The molecule has 10 rings (SSSR count). The molecular weight excluding hydrogens is 871 g/mol. The van der Waals surface area contributed by atoms with Crippen LogP contribution in [0.15, 0.2) is 41.7 Å². The summed E-state index contributed by atoms with van der Waals surface area (Å²) >= 11 is 0. The molecule has 0 aliphatic carbocycles. The van der Waals surface area contributed by atoms with Crippen LogP contribution >= 0.6 is 0 Å². The largest absolute Gasteiger partial charge is 0.488 e. The number of carbonyl (C=O) groups excluding carboxylic acids is 4. The average Bonchev–Trinajstić information content (AvgIpc) is 4.18. The van der Waals surface area contributed by atoms with Crippen LogP contribution in [0.4, 0.5) is 9.59 Å². The second-order valence-electron chi connectivity index (χ2n) is 19.8. The number of alkyl carbamates (subject to hydrolysis) is 2. The lowest BCUT2D eigenvalue weighted by Crippen LogP contribution is -2.56. The number of likely N-dealkylation sites (tertiary alicyclic amines) is 2. The quantitative estimate of drug-likeness (QED) is 0.186. The van der Waals surface area contributed by atoms with Crippen molar-refractivity contribution in [2.45, 2.75) is 147 Å². The Labute approximate surface area is 396 Å². The van der Waals surface area contributed by atoms with Gasteiger partial charge in [-0.1, -0.05) is 0 Å². The minimum Gasteiger partial charge on any atom is -0.488 e. The monoisotopic (exact) mass is 933 g/mol. The summed E-state index contributed by atoms with van der Waals surface area (Å²) < 4.78 is 34.9. The minimum absolute atomic E-state index is 0.0198.